The van der Waals surface area contributed by atoms with Gasteiger partial charge in [-0.1, -0.05) is 11.6 Å². The molecular formula is C10H11ClOS. The molecule has 13 heavy (non-hydrogen) atoms. The lowest BCUT2D eigenvalue weighted by Gasteiger charge is -2.05. The Labute approximate surface area is 86.7 Å². The molecule has 1 saturated carbocycles. The van der Waals surface area contributed by atoms with E-state index in [1.165, 1.54) is 4.88 Å². The molecule has 0 saturated heterocycles. The van der Waals surface area contributed by atoms with Gasteiger partial charge in [-0.05, 0) is 30.7 Å². The molecule has 1 aromatic heterocycles. The Morgan fingerprint density at radius 3 is 3.00 bits per heavy atom. The Morgan fingerprint density at radius 2 is 2.46 bits per heavy atom. The van der Waals surface area contributed by atoms with Gasteiger partial charge >= 0.3 is 0 Å². The Bertz CT molecular complexity index is 318. The van der Waals surface area contributed by atoms with Crippen LogP contribution in [0.4, 0.5) is 0 Å². The van der Waals surface area contributed by atoms with Gasteiger partial charge in [-0.25, -0.2) is 0 Å². The number of rotatable bonds is 2. The van der Waals surface area contributed by atoms with E-state index in [0.717, 1.165) is 30.7 Å². The summed E-state index contributed by atoms with van der Waals surface area (Å²) in [5.41, 5.74) is 0. The van der Waals surface area contributed by atoms with E-state index >= 15 is 0 Å². The van der Waals surface area contributed by atoms with Crippen LogP contribution in [0.5, 0.6) is 0 Å². The molecule has 0 bridgehead atoms. The quantitative estimate of drug-likeness (QED) is 0.738. The van der Waals surface area contributed by atoms with Gasteiger partial charge in [0.05, 0.1) is 5.02 Å². The summed E-state index contributed by atoms with van der Waals surface area (Å²) in [5, 5.41) is 2.81. The number of Topliss-reactive ketones (excluding diaryl/α,β-unsaturated/α-hetero) is 1. The average molecular weight is 215 g/mol. The van der Waals surface area contributed by atoms with Gasteiger partial charge in [0.2, 0.25) is 0 Å². The van der Waals surface area contributed by atoms with Crippen LogP contribution in [-0.2, 0) is 11.2 Å². The number of hydrogen-bond acceptors (Lipinski definition) is 2. The molecule has 1 nitrogen and oxygen atoms in total. The summed E-state index contributed by atoms with van der Waals surface area (Å²) in [6.45, 7) is 0. The van der Waals surface area contributed by atoms with Gasteiger partial charge in [0.15, 0.2) is 0 Å². The maximum absolute atomic E-state index is 11.4. The molecule has 1 aliphatic carbocycles. The zero-order valence-electron chi connectivity index (χ0n) is 7.25. The number of hydrogen-bond donors (Lipinski definition) is 0. The Balaban J connectivity index is 2.06. The second-order valence-electron chi connectivity index (χ2n) is 3.45. The third kappa shape index (κ3) is 1.94. The first-order chi connectivity index (χ1) is 6.27. The second-order valence-corrected chi connectivity index (χ2v) is 4.86. The van der Waals surface area contributed by atoms with E-state index in [-0.39, 0.29) is 5.92 Å². The lowest BCUT2D eigenvalue weighted by molar-refractivity contribution is -0.120. The molecule has 1 fully saturated rings. The molecule has 1 heterocycles. The largest absolute Gasteiger partial charge is 0.299 e. The van der Waals surface area contributed by atoms with Crippen LogP contribution < -0.4 is 0 Å². The first-order valence-electron chi connectivity index (χ1n) is 4.52. The zero-order chi connectivity index (χ0) is 9.26. The van der Waals surface area contributed by atoms with Crippen molar-refractivity contribution in [3.05, 3.63) is 21.3 Å². The fourth-order valence-electron chi connectivity index (χ4n) is 1.80. The van der Waals surface area contributed by atoms with Crippen molar-refractivity contribution in [1.82, 2.24) is 0 Å². The smallest absolute Gasteiger partial charge is 0.136 e. The molecule has 70 valence electrons. The molecule has 2 rings (SSSR count). The van der Waals surface area contributed by atoms with Crippen molar-refractivity contribution in [2.24, 2.45) is 5.92 Å². The zero-order valence-corrected chi connectivity index (χ0v) is 8.83. The van der Waals surface area contributed by atoms with E-state index < -0.39 is 0 Å². The minimum Gasteiger partial charge on any atom is -0.299 e. The van der Waals surface area contributed by atoms with Crippen molar-refractivity contribution in [2.45, 2.75) is 25.7 Å². The van der Waals surface area contributed by atoms with Gasteiger partial charge in [0.1, 0.15) is 5.78 Å². The van der Waals surface area contributed by atoms with Crippen LogP contribution in [0.25, 0.3) is 0 Å². The summed E-state index contributed by atoms with van der Waals surface area (Å²) < 4.78 is 0. The summed E-state index contributed by atoms with van der Waals surface area (Å²) in [7, 11) is 0. The number of thiophene rings is 1. The molecule has 0 aliphatic heterocycles. The van der Waals surface area contributed by atoms with Crippen LogP contribution >= 0.6 is 22.9 Å². The number of ketones is 1. The molecule has 0 N–H and O–H groups in total. The SMILES string of the molecule is O=C1CCCC1Cc1sccc1Cl. The van der Waals surface area contributed by atoms with Crippen LogP contribution in [0.15, 0.2) is 11.4 Å². The van der Waals surface area contributed by atoms with E-state index in [2.05, 4.69) is 0 Å². The van der Waals surface area contributed by atoms with Crippen molar-refractivity contribution < 1.29 is 4.79 Å². The van der Waals surface area contributed by atoms with E-state index in [9.17, 15) is 4.79 Å². The lowest BCUT2D eigenvalue weighted by Crippen LogP contribution is -2.08. The number of halogens is 1. The summed E-state index contributed by atoms with van der Waals surface area (Å²) in [4.78, 5) is 12.5. The highest BCUT2D eigenvalue weighted by Crippen LogP contribution is 2.30. The van der Waals surface area contributed by atoms with E-state index in [1.807, 2.05) is 11.4 Å². The minimum atomic E-state index is 0.246. The first kappa shape index (κ1) is 9.22. The normalized spacial score (nSPS) is 22.5. The molecule has 3 heteroatoms. The predicted molar refractivity (Wildman–Crippen MR) is 55.4 cm³/mol. The topological polar surface area (TPSA) is 17.1 Å². The second kappa shape index (κ2) is 3.81. The van der Waals surface area contributed by atoms with E-state index in [0.29, 0.717) is 5.78 Å². The Hall–Kier alpha value is -0.340. The van der Waals surface area contributed by atoms with Gasteiger partial charge in [0.25, 0.3) is 0 Å². The summed E-state index contributed by atoms with van der Waals surface area (Å²) in [6, 6.07) is 1.90. The van der Waals surface area contributed by atoms with Gasteiger partial charge in [-0.15, -0.1) is 11.3 Å². The monoisotopic (exact) mass is 214 g/mol. The third-order valence-electron chi connectivity index (χ3n) is 2.55. The van der Waals surface area contributed by atoms with Crippen molar-refractivity contribution in [1.29, 1.82) is 0 Å². The third-order valence-corrected chi connectivity index (χ3v) is 3.96. The molecule has 0 radical (unpaired) electrons. The van der Waals surface area contributed by atoms with Crippen molar-refractivity contribution >= 4 is 28.7 Å². The standard InChI is InChI=1S/C10H11ClOS/c11-8-4-5-13-10(8)6-7-2-1-3-9(7)12/h4-5,7H,1-3,6H2. The average Bonchev–Trinajstić information content (AvgIpc) is 2.65. The molecule has 1 atom stereocenters. The van der Waals surface area contributed by atoms with Gasteiger partial charge < -0.3 is 0 Å². The number of carbonyl (C=O) groups excluding carboxylic acids is 1. The Morgan fingerprint density at radius 1 is 1.62 bits per heavy atom. The van der Waals surface area contributed by atoms with Gasteiger partial charge in [0, 0.05) is 17.2 Å². The lowest BCUT2D eigenvalue weighted by atomic mass is 10.0. The van der Waals surface area contributed by atoms with Crippen LogP contribution in [0.2, 0.25) is 5.02 Å². The first-order valence-corrected chi connectivity index (χ1v) is 5.77. The predicted octanol–water partition coefficient (Wildman–Crippen LogP) is 3.31. The molecular weight excluding hydrogens is 204 g/mol. The minimum absolute atomic E-state index is 0.246. The maximum atomic E-state index is 11.4. The summed E-state index contributed by atoms with van der Waals surface area (Å²) >= 11 is 7.62. The molecule has 0 amide bonds. The molecule has 0 aromatic carbocycles. The highest BCUT2D eigenvalue weighted by atomic mass is 35.5. The Kier molecular flexibility index (Phi) is 2.70. The highest BCUT2D eigenvalue weighted by Gasteiger charge is 2.25. The maximum Gasteiger partial charge on any atom is 0.136 e. The highest BCUT2D eigenvalue weighted by molar-refractivity contribution is 7.10. The molecule has 1 aromatic rings. The van der Waals surface area contributed by atoms with Crippen molar-refractivity contribution in [2.75, 3.05) is 0 Å². The molecule has 1 aliphatic rings. The van der Waals surface area contributed by atoms with Crippen LogP contribution in [0.1, 0.15) is 24.1 Å². The fourth-order valence-corrected chi connectivity index (χ4v) is 2.99. The fraction of sp³-hybridized carbons (Fsp3) is 0.500. The van der Waals surface area contributed by atoms with Crippen molar-refractivity contribution in [3.8, 4) is 0 Å². The van der Waals surface area contributed by atoms with Crippen LogP contribution in [0.3, 0.4) is 0 Å². The summed E-state index contributed by atoms with van der Waals surface area (Å²) in [6.07, 6.45) is 3.74. The van der Waals surface area contributed by atoms with Gasteiger partial charge in [-0.3, -0.25) is 4.79 Å². The van der Waals surface area contributed by atoms with Crippen molar-refractivity contribution in [3.63, 3.8) is 0 Å². The van der Waals surface area contributed by atoms with Gasteiger partial charge in [-0.2, -0.15) is 0 Å². The summed E-state index contributed by atoms with van der Waals surface area (Å²) in [5.74, 6) is 0.667. The van der Waals surface area contributed by atoms with E-state index in [1.54, 1.807) is 11.3 Å². The van der Waals surface area contributed by atoms with E-state index in [4.69, 9.17) is 11.6 Å². The molecule has 0 spiro atoms. The van der Waals surface area contributed by atoms with Crippen LogP contribution in [-0.4, -0.2) is 5.78 Å². The molecule has 1 unspecified atom stereocenters. The number of carbonyl (C=O) groups is 1. The van der Waals surface area contributed by atoms with Crippen LogP contribution in [0, 0.1) is 5.92 Å².